The number of guanidine groups is 1. The average Bonchev–Trinajstić information content (AvgIpc) is 3.00. The summed E-state index contributed by atoms with van der Waals surface area (Å²) in [4.78, 5) is 18.1. The summed E-state index contributed by atoms with van der Waals surface area (Å²) in [6, 6.07) is 7.27. The van der Waals surface area contributed by atoms with Gasteiger partial charge in [0.1, 0.15) is 0 Å². The van der Waals surface area contributed by atoms with Gasteiger partial charge in [-0.05, 0) is 31.0 Å². The maximum absolute atomic E-state index is 11.1. The number of carbonyl (C=O) groups excluding carboxylic acids is 1. The van der Waals surface area contributed by atoms with Gasteiger partial charge in [0.05, 0.1) is 13.2 Å². The molecule has 1 unspecified atom stereocenters. The van der Waals surface area contributed by atoms with Crippen LogP contribution in [-0.4, -0.2) is 50.1 Å². The maximum atomic E-state index is 11.1. The molecule has 1 atom stereocenters. The number of hydrogen-bond acceptors (Lipinski definition) is 3. The first-order chi connectivity index (χ1) is 11.1. The number of halogens is 1. The van der Waals surface area contributed by atoms with Gasteiger partial charge in [-0.25, -0.2) is 4.99 Å². The van der Waals surface area contributed by atoms with Gasteiger partial charge in [-0.1, -0.05) is 12.1 Å². The number of nitrogens with two attached hydrogens (primary N) is 1. The number of benzene rings is 1. The van der Waals surface area contributed by atoms with Crippen molar-refractivity contribution >= 4 is 35.8 Å². The highest BCUT2D eigenvalue weighted by molar-refractivity contribution is 14.0. The Morgan fingerprint density at radius 1 is 1.42 bits per heavy atom. The first kappa shape index (κ1) is 20.7. The molecule has 0 bridgehead atoms. The Morgan fingerprint density at radius 3 is 2.71 bits per heavy atom. The number of carbonyl (C=O) groups is 1. The largest absolute Gasteiger partial charge is 0.384 e. The van der Waals surface area contributed by atoms with E-state index in [9.17, 15) is 4.79 Å². The zero-order valence-corrected chi connectivity index (χ0v) is 16.7. The van der Waals surface area contributed by atoms with Gasteiger partial charge < -0.3 is 20.7 Å². The molecule has 0 radical (unpaired) electrons. The highest BCUT2D eigenvalue weighted by atomic mass is 127. The number of methoxy groups -OCH3 is 1. The fourth-order valence-corrected chi connectivity index (χ4v) is 2.76. The number of aliphatic imine (C=N–C) groups is 1. The molecule has 7 heteroatoms. The molecular weight excluding hydrogens is 419 g/mol. The molecule has 1 fully saturated rings. The van der Waals surface area contributed by atoms with Crippen LogP contribution < -0.4 is 11.1 Å². The second kappa shape index (κ2) is 10.5. The molecule has 1 aliphatic rings. The van der Waals surface area contributed by atoms with Crippen molar-refractivity contribution in [1.82, 2.24) is 10.2 Å². The highest BCUT2D eigenvalue weighted by Crippen LogP contribution is 2.16. The molecule has 1 saturated heterocycles. The molecule has 1 aromatic carbocycles. The zero-order valence-electron chi connectivity index (χ0n) is 14.3. The Balaban J connectivity index is 0.00000288. The zero-order chi connectivity index (χ0) is 16.7. The molecule has 1 heterocycles. The molecule has 3 N–H and O–H groups in total. The molecule has 0 aromatic heterocycles. The first-order valence-electron chi connectivity index (χ1n) is 8.05. The van der Waals surface area contributed by atoms with Crippen LogP contribution in [0.15, 0.2) is 29.3 Å². The molecule has 0 spiro atoms. The van der Waals surface area contributed by atoms with Gasteiger partial charge in [-0.3, -0.25) is 4.79 Å². The van der Waals surface area contributed by atoms with Crippen LogP contribution >= 0.6 is 24.0 Å². The van der Waals surface area contributed by atoms with Crippen LogP contribution in [-0.2, 0) is 11.3 Å². The summed E-state index contributed by atoms with van der Waals surface area (Å²) >= 11 is 0. The topological polar surface area (TPSA) is 79.9 Å². The second-order valence-corrected chi connectivity index (χ2v) is 5.79. The normalized spacial score (nSPS) is 17.5. The Morgan fingerprint density at radius 2 is 2.12 bits per heavy atom. The van der Waals surface area contributed by atoms with Gasteiger partial charge in [0, 0.05) is 38.2 Å². The summed E-state index contributed by atoms with van der Waals surface area (Å²) in [6.45, 7) is 6.25. The summed E-state index contributed by atoms with van der Waals surface area (Å²) in [7, 11) is 1.75. The number of ether oxygens (including phenoxy) is 1. The summed E-state index contributed by atoms with van der Waals surface area (Å²) in [5.41, 5.74) is 6.83. The van der Waals surface area contributed by atoms with Crippen molar-refractivity contribution < 1.29 is 9.53 Å². The molecule has 0 aliphatic carbocycles. The highest BCUT2D eigenvalue weighted by Gasteiger charge is 2.24. The van der Waals surface area contributed by atoms with E-state index in [1.807, 2.05) is 12.1 Å². The fourth-order valence-electron chi connectivity index (χ4n) is 2.76. The van der Waals surface area contributed by atoms with Gasteiger partial charge in [-0.2, -0.15) is 0 Å². The molecule has 0 saturated carbocycles. The van der Waals surface area contributed by atoms with Crippen LogP contribution in [0.1, 0.15) is 29.3 Å². The molecule has 1 amide bonds. The van der Waals surface area contributed by atoms with Crippen molar-refractivity contribution in [3.63, 3.8) is 0 Å². The summed E-state index contributed by atoms with van der Waals surface area (Å²) in [5, 5.41) is 3.35. The van der Waals surface area contributed by atoms with Crippen LogP contribution in [0.4, 0.5) is 0 Å². The summed E-state index contributed by atoms with van der Waals surface area (Å²) in [6.07, 6.45) is 1.13. The number of hydrogen-bond donors (Lipinski definition) is 2. The average molecular weight is 446 g/mol. The summed E-state index contributed by atoms with van der Waals surface area (Å²) in [5.74, 6) is 1.10. The second-order valence-electron chi connectivity index (χ2n) is 5.79. The van der Waals surface area contributed by atoms with E-state index < -0.39 is 5.91 Å². The van der Waals surface area contributed by atoms with Gasteiger partial charge in [-0.15, -0.1) is 24.0 Å². The summed E-state index contributed by atoms with van der Waals surface area (Å²) < 4.78 is 5.25. The smallest absolute Gasteiger partial charge is 0.248 e. The van der Waals surface area contributed by atoms with E-state index >= 15 is 0 Å². The number of nitrogens with zero attached hydrogens (tertiary/aromatic N) is 2. The lowest BCUT2D eigenvalue weighted by Crippen LogP contribution is -2.40. The quantitative estimate of drug-likeness (QED) is 0.397. The van der Waals surface area contributed by atoms with Crippen molar-refractivity contribution in [3.8, 4) is 0 Å². The third kappa shape index (κ3) is 5.94. The number of nitrogens with one attached hydrogen (secondary N) is 1. The molecule has 24 heavy (non-hydrogen) atoms. The van der Waals surface area contributed by atoms with E-state index in [1.165, 1.54) is 0 Å². The number of likely N-dealkylation sites (tertiary alicyclic amines) is 1. The van der Waals surface area contributed by atoms with Crippen LogP contribution in [0, 0.1) is 5.92 Å². The first-order valence-corrected chi connectivity index (χ1v) is 8.05. The third-order valence-corrected chi connectivity index (χ3v) is 3.97. The van der Waals surface area contributed by atoms with Crippen molar-refractivity contribution in [3.05, 3.63) is 35.4 Å². The lowest BCUT2D eigenvalue weighted by molar-refractivity contribution is 0.100. The molecule has 134 valence electrons. The van der Waals surface area contributed by atoms with Gasteiger partial charge in [0.2, 0.25) is 5.91 Å². The monoisotopic (exact) mass is 446 g/mol. The molecule has 1 aromatic rings. The van der Waals surface area contributed by atoms with E-state index in [0.29, 0.717) is 18.0 Å². The number of primary amides is 1. The molecule has 2 rings (SSSR count). The fraction of sp³-hybridized carbons (Fsp3) is 0.529. The van der Waals surface area contributed by atoms with Crippen LogP contribution in [0.5, 0.6) is 0 Å². The van der Waals surface area contributed by atoms with Gasteiger partial charge >= 0.3 is 0 Å². The minimum Gasteiger partial charge on any atom is -0.384 e. The van der Waals surface area contributed by atoms with Crippen LogP contribution in [0.25, 0.3) is 0 Å². The van der Waals surface area contributed by atoms with Gasteiger partial charge in [0.25, 0.3) is 0 Å². The van der Waals surface area contributed by atoms with Crippen molar-refractivity contribution in [2.24, 2.45) is 16.6 Å². The number of amides is 1. The maximum Gasteiger partial charge on any atom is 0.248 e. The van der Waals surface area contributed by atoms with E-state index in [4.69, 9.17) is 15.5 Å². The molecule has 6 nitrogen and oxygen atoms in total. The van der Waals surface area contributed by atoms with Gasteiger partial charge in [0.15, 0.2) is 5.96 Å². The Labute approximate surface area is 160 Å². The predicted molar refractivity (Wildman–Crippen MR) is 107 cm³/mol. The Bertz CT molecular complexity index is 548. The van der Waals surface area contributed by atoms with Crippen molar-refractivity contribution in [2.75, 3.05) is 33.4 Å². The van der Waals surface area contributed by atoms with Crippen LogP contribution in [0.2, 0.25) is 0 Å². The predicted octanol–water partition coefficient (Wildman–Crippen LogP) is 1.84. The van der Waals surface area contributed by atoms with Crippen LogP contribution in [0.3, 0.4) is 0 Å². The van der Waals surface area contributed by atoms with E-state index in [1.54, 1.807) is 19.2 Å². The third-order valence-electron chi connectivity index (χ3n) is 3.97. The van der Waals surface area contributed by atoms with Crippen molar-refractivity contribution in [1.29, 1.82) is 0 Å². The van der Waals surface area contributed by atoms with Crippen molar-refractivity contribution in [2.45, 2.75) is 19.9 Å². The minimum absolute atomic E-state index is 0. The minimum atomic E-state index is -0.408. The Hall–Kier alpha value is -1.35. The van der Waals surface area contributed by atoms with E-state index in [2.05, 4.69) is 17.1 Å². The van der Waals surface area contributed by atoms with E-state index in [0.717, 1.165) is 44.2 Å². The molecular formula is C17H27IN4O2. The number of rotatable bonds is 6. The lowest BCUT2D eigenvalue weighted by Gasteiger charge is -2.21. The Kier molecular flexibility index (Phi) is 9.05. The standard InChI is InChI=1S/C17H26N4O2.HI/c1-3-19-17(21-9-8-14(11-21)12-23-2)20-10-13-4-6-15(7-5-13)16(18)22;/h4-7,14H,3,8-12H2,1-2H3,(H2,18,22)(H,19,20);1H. The SMILES string of the molecule is CCNC(=NCc1ccc(C(N)=O)cc1)N1CCC(COC)C1.I. The van der Waals surface area contributed by atoms with E-state index in [-0.39, 0.29) is 24.0 Å². The molecule has 1 aliphatic heterocycles. The lowest BCUT2D eigenvalue weighted by atomic mass is 10.1.